The first-order valence-corrected chi connectivity index (χ1v) is 8.78. The van der Waals surface area contributed by atoms with Crippen molar-refractivity contribution in [3.05, 3.63) is 59.7 Å². The highest BCUT2D eigenvalue weighted by molar-refractivity contribution is 7.89. The van der Waals surface area contributed by atoms with E-state index in [1.165, 1.54) is 31.2 Å². The number of ether oxygens (including phenoxy) is 1. The molecule has 23 heavy (non-hydrogen) atoms. The highest BCUT2D eigenvalue weighted by atomic mass is 32.2. The van der Waals surface area contributed by atoms with Gasteiger partial charge in [0, 0.05) is 5.56 Å². The second kappa shape index (κ2) is 6.14. The van der Waals surface area contributed by atoms with Crippen molar-refractivity contribution < 1.29 is 17.9 Å². The predicted molar refractivity (Wildman–Crippen MR) is 86.2 cm³/mol. The van der Waals surface area contributed by atoms with Crippen molar-refractivity contribution in [2.75, 3.05) is 6.61 Å². The molecule has 0 aliphatic carbocycles. The minimum absolute atomic E-state index is 0.0980. The van der Waals surface area contributed by atoms with Gasteiger partial charge < -0.3 is 4.74 Å². The SMILES string of the molecule is CC(=O)c1ccc(S(=O)(=O)NC2COc3ccccc3C2)cc1. The second-order valence-electron chi connectivity index (χ2n) is 5.52. The topological polar surface area (TPSA) is 72.5 Å². The summed E-state index contributed by atoms with van der Waals surface area (Å²) >= 11 is 0. The smallest absolute Gasteiger partial charge is 0.240 e. The molecule has 1 N–H and O–H groups in total. The van der Waals surface area contributed by atoms with Crippen LogP contribution in [-0.2, 0) is 16.4 Å². The molecule has 3 rings (SSSR count). The van der Waals surface area contributed by atoms with Crippen LogP contribution in [0, 0.1) is 0 Å². The van der Waals surface area contributed by atoms with Gasteiger partial charge in [-0.1, -0.05) is 30.3 Å². The van der Waals surface area contributed by atoms with Gasteiger partial charge in [-0.3, -0.25) is 4.79 Å². The third kappa shape index (κ3) is 3.43. The monoisotopic (exact) mass is 331 g/mol. The fraction of sp³-hybridized carbons (Fsp3) is 0.235. The molecule has 5 nitrogen and oxygen atoms in total. The van der Waals surface area contributed by atoms with E-state index in [-0.39, 0.29) is 16.7 Å². The lowest BCUT2D eigenvalue weighted by Gasteiger charge is -2.25. The van der Waals surface area contributed by atoms with Crippen LogP contribution in [0.3, 0.4) is 0 Å². The van der Waals surface area contributed by atoms with Gasteiger partial charge >= 0.3 is 0 Å². The van der Waals surface area contributed by atoms with Crippen LogP contribution in [-0.4, -0.2) is 26.8 Å². The predicted octanol–water partition coefficient (Wildman–Crippen LogP) is 2.17. The van der Waals surface area contributed by atoms with E-state index in [1.807, 2.05) is 24.3 Å². The molecular weight excluding hydrogens is 314 g/mol. The van der Waals surface area contributed by atoms with Crippen molar-refractivity contribution in [2.45, 2.75) is 24.3 Å². The lowest BCUT2D eigenvalue weighted by atomic mass is 10.0. The quantitative estimate of drug-likeness (QED) is 0.872. The van der Waals surface area contributed by atoms with Gasteiger partial charge in [-0.15, -0.1) is 0 Å². The summed E-state index contributed by atoms with van der Waals surface area (Å²) in [7, 11) is -3.65. The van der Waals surface area contributed by atoms with E-state index in [2.05, 4.69) is 4.72 Å². The highest BCUT2D eigenvalue weighted by Crippen LogP contribution is 2.24. The number of rotatable bonds is 4. The fourth-order valence-corrected chi connectivity index (χ4v) is 3.78. The molecule has 2 aromatic rings. The van der Waals surface area contributed by atoms with Crippen LogP contribution in [0.2, 0.25) is 0 Å². The molecule has 1 aliphatic rings. The van der Waals surface area contributed by atoms with Gasteiger partial charge in [0.1, 0.15) is 12.4 Å². The number of fused-ring (bicyclic) bond motifs is 1. The number of benzene rings is 2. The highest BCUT2D eigenvalue weighted by Gasteiger charge is 2.25. The van der Waals surface area contributed by atoms with Crippen molar-refractivity contribution >= 4 is 15.8 Å². The van der Waals surface area contributed by atoms with Crippen molar-refractivity contribution in [2.24, 2.45) is 0 Å². The van der Waals surface area contributed by atoms with E-state index in [0.717, 1.165) is 11.3 Å². The number of carbonyl (C=O) groups is 1. The van der Waals surface area contributed by atoms with Crippen molar-refractivity contribution in [3.8, 4) is 5.75 Å². The molecule has 0 spiro atoms. The summed E-state index contributed by atoms with van der Waals surface area (Å²) in [6, 6.07) is 13.2. The molecule has 0 radical (unpaired) electrons. The number of nitrogens with one attached hydrogen (secondary N) is 1. The van der Waals surface area contributed by atoms with Crippen LogP contribution in [0.4, 0.5) is 0 Å². The minimum atomic E-state index is -3.65. The van der Waals surface area contributed by atoms with E-state index < -0.39 is 10.0 Å². The Morgan fingerprint density at radius 2 is 1.83 bits per heavy atom. The molecule has 0 bridgehead atoms. The standard InChI is InChI=1S/C17H17NO4S/c1-12(19)13-6-8-16(9-7-13)23(20,21)18-15-10-14-4-2-3-5-17(14)22-11-15/h2-9,15,18H,10-11H2,1H3. The molecule has 120 valence electrons. The third-order valence-corrected chi connectivity index (χ3v) is 5.31. The van der Waals surface area contributed by atoms with Crippen LogP contribution in [0.25, 0.3) is 0 Å². The van der Waals surface area contributed by atoms with Gasteiger partial charge in [0.15, 0.2) is 5.78 Å². The average Bonchev–Trinajstić information content (AvgIpc) is 2.54. The van der Waals surface area contributed by atoms with Crippen LogP contribution in [0.1, 0.15) is 22.8 Å². The van der Waals surface area contributed by atoms with Gasteiger partial charge in [-0.05, 0) is 37.1 Å². The maximum atomic E-state index is 12.4. The molecular formula is C17H17NO4S. The Kier molecular flexibility index (Phi) is 4.19. The van der Waals surface area contributed by atoms with Gasteiger partial charge in [-0.25, -0.2) is 13.1 Å². The first-order valence-electron chi connectivity index (χ1n) is 7.30. The largest absolute Gasteiger partial charge is 0.492 e. The van der Waals surface area contributed by atoms with E-state index in [0.29, 0.717) is 18.6 Å². The van der Waals surface area contributed by atoms with E-state index in [1.54, 1.807) is 0 Å². The lowest BCUT2D eigenvalue weighted by molar-refractivity contribution is 0.101. The molecule has 0 aromatic heterocycles. The van der Waals surface area contributed by atoms with Gasteiger partial charge in [0.2, 0.25) is 10.0 Å². The molecule has 0 saturated carbocycles. The fourth-order valence-electron chi connectivity index (χ4n) is 2.56. The summed E-state index contributed by atoms with van der Waals surface area (Å²) in [5, 5.41) is 0. The van der Waals surface area contributed by atoms with E-state index in [4.69, 9.17) is 4.74 Å². The summed E-state index contributed by atoms with van der Waals surface area (Å²) in [4.78, 5) is 11.4. The van der Waals surface area contributed by atoms with E-state index >= 15 is 0 Å². The summed E-state index contributed by atoms with van der Waals surface area (Å²) < 4.78 is 33.1. The van der Waals surface area contributed by atoms with Crippen molar-refractivity contribution in [3.63, 3.8) is 0 Å². The molecule has 2 aromatic carbocycles. The lowest BCUT2D eigenvalue weighted by Crippen LogP contribution is -2.42. The minimum Gasteiger partial charge on any atom is -0.492 e. The number of ketones is 1. The Balaban J connectivity index is 1.75. The Bertz CT molecular complexity index is 828. The van der Waals surface area contributed by atoms with Crippen LogP contribution in [0.15, 0.2) is 53.4 Å². The molecule has 1 unspecified atom stereocenters. The Hall–Kier alpha value is -2.18. The molecule has 0 fully saturated rings. The van der Waals surface area contributed by atoms with Crippen molar-refractivity contribution in [1.82, 2.24) is 4.72 Å². The Morgan fingerprint density at radius 3 is 2.52 bits per heavy atom. The van der Waals surface area contributed by atoms with Crippen LogP contribution < -0.4 is 9.46 Å². The number of hydrogen-bond acceptors (Lipinski definition) is 4. The number of carbonyl (C=O) groups excluding carboxylic acids is 1. The zero-order valence-electron chi connectivity index (χ0n) is 12.7. The maximum Gasteiger partial charge on any atom is 0.240 e. The number of sulfonamides is 1. The van der Waals surface area contributed by atoms with Gasteiger partial charge in [0.25, 0.3) is 0 Å². The molecule has 1 atom stereocenters. The van der Waals surface area contributed by atoms with Crippen molar-refractivity contribution in [1.29, 1.82) is 0 Å². The maximum absolute atomic E-state index is 12.4. The molecule has 6 heteroatoms. The summed E-state index contributed by atoms with van der Waals surface area (Å²) in [5.41, 5.74) is 1.47. The summed E-state index contributed by atoms with van der Waals surface area (Å²) in [5.74, 6) is 0.702. The molecule has 1 heterocycles. The summed E-state index contributed by atoms with van der Waals surface area (Å²) in [6.45, 7) is 1.74. The van der Waals surface area contributed by atoms with Gasteiger partial charge in [0.05, 0.1) is 10.9 Å². The summed E-state index contributed by atoms with van der Waals surface area (Å²) in [6.07, 6.45) is 0.584. The van der Waals surface area contributed by atoms with E-state index in [9.17, 15) is 13.2 Å². The number of hydrogen-bond donors (Lipinski definition) is 1. The Labute approximate surface area is 135 Å². The van der Waals surface area contributed by atoms with Crippen LogP contribution >= 0.6 is 0 Å². The number of para-hydroxylation sites is 1. The number of Topliss-reactive ketones (excluding diaryl/α,β-unsaturated/α-hetero) is 1. The van der Waals surface area contributed by atoms with Crippen LogP contribution in [0.5, 0.6) is 5.75 Å². The first kappa shape index (κ1) is 15.7. The zero-order valence-corrected chi connectivity index (χ0v) is 13.5. The molecule has 0 saturated heterocycles. The average molecular weight is 331 g/mol. The zero-order chi connectivity index (χ0) is 16.4. The van der Waals surface area contributed by atoms with Gasteiger partial charge in [-0.2, -0.15) is 0 Å². The molecule has 1 aliphatic heterocycles. The normalized spacial score (nSPS) is 17.2. The molecule has 0 amide bonds. The Morgan fingerprint density at radius 1 is 1.13 bits per heavy atom. The second-order valence-corrected chi connectivity index (χ2v) is 7.24. The third-order valence-electron chi connectivity index (χ3n) is 3.77. The first-order chi connectivity index (χ1) is 11.0.